The first-order valence-electron chi connectivity index (χ1n) is 6.39. The Morgan fingerprint density at radius 1 is 1.39 bits per heavy atom. The third-order valence-corrected chi connectivity index (χ3v) is 3.13. The van der Waals surface area contributed by atoms with Gasteiger partial charge in [0.1, 0.15) is 11.4 Å². The summed E-state index contributed by atoms with van der Waals surface area (Å²) < 4.78 is 5.75. The van der Waals surface area contributed by atoms with Crippen molar-refractivity contribution in [1.82, 2.24) is 4.98 Å². The highest BCUT2D eigenvalue weighted by molar-refractivity contribution is 5.54. The highest BCUT2D eigenvalue weighted by Gasteiger charge is 2.45. The maximum absolute atomic E-state index is 5.88. The molecule has 4 heteroatoms. The minimum Gasteiger partial charge on any atom is -0.470 e. The summed E-state index contributed by atoms with van der Waals surface area (Å²) in [6, 6.07) is 4.24. The second-order valence-corrected chi connectivity index (χ2v) is 6.69. The van der Waals surface area contributed by atoms with Crippen molar-refractivity contribution in [3.05, 3.63) is 12.1 Å². The van der Waals surface area contributed by atoms with Crippen molar-refractivity contribution < 1.29 is 4.74 Å². The van der Waals surface area contributed by atoms with Crippen molar-refractivity contribution in [2.45, 2.75) is 52.7 Å². The van der Waals surface area contributed by atoms with Crippen LogP contribution in [0.1, 0.15) is 41.0 Å². The van der Waals surface area contributed by atoms with Gasteiger partial charge in [-0.15, -0.1) is 0 Å². The lowest BCUT2D eigenvalue weighted by atomic mass is 10.2. The molecule has 0 aliphatic heterocycles. The van der Waals surface area contributed by atoms with Gasteiger partial charge in [-0.2, -0.15) is 4.98 Å². The standard InChI is InChI=1S/C14H23N3O/c1-13(2,3)18-12-9(15)6-7-11(17-12)16-10-8-14(10,4)5/h6-7,10H,8,15H2,1-5H3,(H,16,17). The molecular weight excluding hydrogens is 226 g/mol. The van der Waals surface area contributed by atoms with Crippen molar-refractivity contribution in [2.75, 3.05) is 11.1 Å². The molecule has 1 atom stereocenters. The lowest BCUT2D eigenvalue weighted by Gasteiger charge is -2.21. The Bertz CT molecular complexity index is 449. The van der Waals surface area contributed by atoms with E-state index in [1.807, 2.05) is 32.9 Å². The van der Waals surface area contributed by atoms with Gasteiger partial charge in [-0.3, -0.25) is 0 Å². The number of aromatic nitrogens is 1. The number of nitrogens with one attached hydrogen (secondary N) is 1. The topological polar surface area (TPSA) is 60.2 Å². The van der Waals surface area contributed by atoms with Crippen LogP contribution in [0.25, 0.3) is 0 Å². The van der Waals surface area contributed by atoms with Crippen LogP contribution in [0.3, 0.4) is 0 Å². The Morgan fingerprint density at radius 3 is 2.50 bits per heavy atom. The Kier molecular flexibility index (Phi) is 2.92. The molecule has 0 bridgehead atoms. The van der Waals surface area contributed by atoms with Crippen molar-refractivity contribution in [2.24, 2.45) is 5.41 Å². The molecule has 1 heterocycles. The molecule has 0 amide bonds. The molecule has 0 spiro atoms. The van der Waals surface area contributed by atoms with E-state index in [0.717, 1.165) is 5.82 Å². The lowest BCUT2D eigenvalue weighted by Crippen LogP contribution is -2.24. The van der Waals surface area contributed by atoms with E-state index in [1.165, 1.54) is 6.42 Å². The number of pyridine rings is 1. The fourth-order valence-corrected chi connectivity index (χ4v) is 1.80. The highest BCUT2D eigenvalue weighted by atomic mass is 16.5. The fourth-order valence-electron chi connectivity index (χ4n) is 1.80. The van der Waals surface area contributed by atoms with Crippen LogP contribution in [0.4, 0.5) is 11.5 Å². The smallest absolute Gasteiger partial charge is 0.239 e. The first-order valence-corrected chi connectivity index (χ1v) is 6.39. The van der Waals surface area contributed by atoms with Crippen molar-refractivity contribution in [1.29, 1.82) is 0 Å². The van der Waals surface area contributed by atoms with Crippen LogP contribution in [0, 0.1) is 5.41 Å². The first-order chi connectivity index (χ1) is 8.17. The van der Waals surface area contributed by atoms with E-state index in [2.05, 4.69) is 24.1 Å². The fraction of sp³-hybridized carbons (Fsp3) is 0.643. The van der Waals surface area contributed by atoms with Gasteiger partial charge < -0.3 is 15.8 Å². The van der Waals surface area contributed by atoms with E-state index >= 15 is 0 Å². The molecular formula is C14H23N3O. The van der Waals surface area contributed by atoms with Crippen LogP contribution in [-0.4, -0.2) is 16.6 Å². The molecule has 1 fully saturated rings. The van der Waals surface area contributed by atoms with Gasteiger partial charge >= 0.3 is 0 Å². The van der Waals surface area contributed by atoms with E-state index in [4.69, 9.17) is 10.5 Å². The number of anilines is 2. The lowest BCUT2D eigenvalue weighted by molar-refractivity contribution is 0.125. The average Bonchev–Trinajstić information content (AvgIpc) is 2.77. The van der Waals surface area contributed by atoms with Gasteiger partial charge in [0, 0.05) is 6.04 Å². The molecule has 4 nitrogen and oxygen atoms in total. The van der Waals surface area contributed by atoms with E-state index in [-0.39, 0.29) is 5.60 Å². The summed E-state index contributed by atoms with van der Waals surface area (Å²) in [5, 5.41) is 3.41. The number of hydrogen-bond acceptors (Lipinski definition) is 4. The number of hydrogen-bond donors (Lipinski definition) is 2. The molecule has 0 saturated heterocycles. The quantitative estimate of drug-likeness (QED) is 0.864. The third kappa shape index (κ3) is 3.06. The summed E-state index contributed by atoms with van der Waals surface area (Å²) in [4.78, 5) is 4.45. The summed E-state index contributed by atoms with van der Waals surface area (Å²) in [7, 11) is 0. The number of nitrogens with two attached hydrogens (primary N) is 1. The predicted octanol–water partition coefficient (Wildman–Crippen LogP) is 3.05. The average molecular weight is 249 g/mol. The minimum atomic E-state index is -0.293. The van der Waals surface area contributed by atoms with E-state index in [1.54, 1.807) is 0 Å². The summed E-state index contributed by atoms with van der Waals surface area (Å²) in [5.74, 6) is 1.34. The van der Waals surface area contributed by atoms with Gasteiger partial charge in [0.05, 0.1) is 5.69 Å². The highest BCUT2D eigenvalue weighted by Crippen LogP contribution is 2.46. The van der Waals surface area contributed by atoms with Gasteiger partial charge in [-0.05, 0) is 44.7 Å². The van der Waals surface area contributed by atoms with E-state index in [0.29, 0.717) is 23.0 Å². The molecule has 1 saturated carbocycles. The number of rotatable bonds is 3. The monoisotopic (exact) mass is 249 g/mol. The molecule has 2 rings (SSSR count). The second-order valence-electron chi connectivity index (χ2n) is 6.69. The van der Waals surface area contributed by atoms with Crippen molar-refractivity contribution in [3.63, 3.8) is 0 Å². The Morgan fingerprint density at radius 2 is 2.00 bits per heavy atom. The van der Waals surface area contributed by atoms with Gasteiger partial charge in [-0.1, -0.05) is 13.8 Å². The van der Waals surface area contributed by atoms with Crippen LogP contribution in [-0.2, 0) is 0 Å². The molecule has 1 aliphatic carbocycles. The van der Waals surface area contributed by atoms with Crippen LogP contribution in [0.2, 0.25) is 0 Å². The second kappa shape index (κ2) is 4.04. The van der Waals surface area contributed by atoms with Crippen molar-refractivity contribution >= 4 is 11.5 Å². The van der Waals surface area contributed by atoms with Crippen LogP contribution >= 0.6 is 0 Å². The summed E-state index contributed by atoms with van der Waals surface area (Å²) in [6.45, 7) is 10.4. The normalized spacial score (nSPS) is 21.5. The third-order valence-electron chi connectivity index (χ3n) is 3.13. The zero-order valence-electron chi connectivity index (χ0n) is 11.9. The molecule has 100 valence electrons. The number of nitrogen functional groups attached to an aromatic ring is 1. The Labute approximate surface area is 109 Å². The molecule has 1 aromatic rings. The summed E-state index contributed by atoms with van der Waals surface area (Å²) in [5.41, 5.74) is 6.53. The van der Waals surface area contributed by atoms with E-state index in [9.17, 15) is 0 Å². The van der Waals surface area contributed by atoms with Crippen LogP contribution < -0.4 is 15.8 Å². The SMILES string of the molecule is CC(C)(C)Oc1nc(NC2CC2(C)C)ccc1N. The first kappa shape index (κ1) is 13.0. The zero-order valence-corrected chi connectivity index (χ0v) is 11.9. The molecule has 0 aromatic carbocycles. The predicted molar refractivity (Wildman–Crippen MR) is 74.8 cm³/mol. The molecule has 0 radical (unpaired) electrons. The summed E-state index contributed by atoms with van der Waals surface area (Å²) in [6.07, 6.45) is 1.18. The van der Waals surface area contributed by atoms with Crippen LogP contribution in [0.15, 0.2) is 12.1 Å². The molecule has 1 aromatic heterocycles. The molecule has 1 aliphatic rings. The maximum Gasteiger partial charge on any atom is 0.239 e. The maximum atomic E-state index is 5.88. The Balaban J connectivity index is 2.11. The molecule has 18 heavy (non-hydrogen) atoms. The van der Waals surface area contributed by atoms with Gasteiger partial charge in [-0.25, -0.2) is 0 Å². The van der Waals surface area contributed by atoms with Crippen molar-refractivity contribution in [3.8, 4) is 5.88 Å². The summed E-state index contributed by atoms with van der Waals surface area (Å²) >= 11 is 0. The Hall–Kier alpha value is -1.45. The largest absolute Gasteiger partial charge is 0.470 e. The van der Waals surface area contributed by atoms with Crippen LogP contribution in [0.5, 0.6) is 5.88 Å². The molecule has 3 N–H and O–H groups in total. The zero-order chi connectivity index (χ0) is 13.6. The number of ether oxygens (including phenoxy) is 1. The van der Waals surface area contributed by atoms with E-state index < -0.39 is 0 Å². The van der Waals surface area contributed by atoms with Gasteiger partial charge in [0.2, 0.25) is 5.88 Å². The number of nitrogens with zero attached hydrogens (tertiary/aromatic N) is 1. The van der Waals surface area contributed by atoms with Gasteiger partial charge in [0.15, 0.2) is 0 Å². The van der Waals surface area contributed by atoms with Gasteiger partial charge in [0.25, 0.3) is 0 Å². The minimum absolute atomic E-state index is 0.293. The molecule has 1 unspecified atom stereocenters.